The summed E-state index contributed by atoms with van der Waals surface area (Å²) in [7, 11) is 0. The molecule has 0 fully saturated rings. The molecule has 0 bridgehead atoms. The Labute approximate surface area is 140 Å². The lowest BCUT2D eigenvalue weighted by atomic mass is 9.77. The number of aryl methyl sites for hydroxylation is 1. The summed E-state index contributed by atoms with van der Waals surface area (Å²) in [5.74, 6) is 0.906. The minimum absolute atomic E-state index is 0.284. The number of nitrogens with one attached hydrogen (secondary N) is 1. The van der Waals surface area contributed by atoms with Crippen molar-refractivity contribution in [2.24, 2.45) is 5.92 Å². The third kappa shape index (κ3) is 2.24. The largest absolute Gasteiger partial charge is 0.376 e. The first kappa shape index (κ1) is 14.2. The molecule has 0 spiro atoms. The van der Waals surface area contributed by atoms with Gasteiger partial charge in [-0.3, -0.25) is 0 Å². The van der Waals surface area contributed by atoms with Crippen LogP contribution in [0.15, 0.2) is 48.6 Å². The van der Waals surface area contributed by atoms with Crippen LogP contribution >= 0.6 is 23.2 Å². The van der Waals surface area contributed by atoms with Gasteiger partial charge in [-0.2, -0.15) is 0 Å². The molecule has 0 saturated carbocycles. The molecule has 2 aliphatic rings. The van der Waals surface area contributed by atoms with E-state index >= 15 is 0 Å². The molecule has 0 amide bonds. The van der Waals surface area contributed by atoms with E-state index in [4.69, 9.17) is 23.2 Å². The van der Waals surface area contributed by atoms with Crippen molar-refractivity contribution < 1.29 is 0 Å². The summed E-state index contributed by atoms with van der Waals surface area (Å²) in [6.07, 6.45) is 5.67. The van der Waals surface area contributed by atoms with Crippen LogP contribution in [0.4, 0.5) is 5.69 Å². The highest BCUT2D eigenvalue weighted by Gasteiger charge is 2.38. The fourth-order valence-corrected chi connectivity index (χ4v) is 4.29. The summed E-state index contributed by atoms with van der Waals surface area (Å²) in [5, 5.41) is 5.08. The van der Waals surface area contributed by atoms with Crippen LogP contribution in [0, 0.1) is 12.8 Å². The fraction of sp³-hybridized carbons (Fsp3) is 0.263. The first-order valence-corrected chi connectivity index (χ1v) is 8.38. The zero-order valence-electron chi connectivity index (χ0n) is 12.3. The third-order valence-corrected chi connectivity index (χ3v) is 5.34. The Morgan fingerprint density at radius 2 is 1.86 bits per heavy atom. The van der Waals surface area contributed by atoms with E-state index in [2.05, 4.69) is 54.7 Å². The fourth-order valence-electron chi connectivity index (χ4n) is 3.72. The van der Waals surface area contributed by atoms with Gasteiger partial charge in [0.05, 0.1) is 16.8 Å². The SMILES string of the molecule is Cc1ccc(C2Nc3c(Cl)cc(Cl)cc3C3C=CCC32)cc1. The topological polar surface area (TPSA) is 12.0 Å². The first-order valence-electron chi connectivity index (χ1n) is 7.62. The van der Waals surface area contributed by atoms with Crippen molar-refractivity contribution in [2.75, 3.05) is 5.32 Å². The Balaban J connectivity index is 1.82. The first-order chi connectivity index (χ1) is 10.6. The lowest BCUT2D eigenvalue weighted by Crippen LogP contribution is -2.29. The predicted octanol–water partition coefficient (Wildman–Crippen LogP) is 6.13. The average Bonchev–Trinajstić information content (AvgIpc) is 2.97. The second kappa shape index (κ2) is 5.33. The summed E-state index contributed by atoms with van der Waals surface area (Å²) in [5.41, 5.74) is 4.86. The molecule has 2 aromatic rings. The van der Waals surface area contributed by atoms with Gasteiger partial charge in [-0.1, -0.05) is 65.2 Å². The number of halogens is 2. The van der Waals surface area contributed by atoms with Crippen molar-refractivity contribution in [1.82, 2.24) is 0 Å². The molecule has 4 rings (SSSR count). The van der Waals surface area contributed by atoms with Gasteiger partial charge in [0.15, 0.2) is 0 Å². The molecule has 1 nitrogen and oxygen atoms in total. The van der Waals surface area contributed by atoms with Crippen LogP contribution in [0.2, 0.25) is 10.0 Å². The Morgan fingerprint density at radius 1 is 1.09 bits per heavy atom. The number of anilines is 1. The van der Waals surface area contributed by atoms with Crippen molar-refractivity contribution >= 4 is 28.9 Å². The Kier molecular flexibility index (Phi) is 3.43. The molecule has 0 saturated heterocycles. The zero-order chi connectivity index (χ0) is 15.3. The van der Waals surface area contributed by atoms with E-state index < -0.39 is 0 Å². The second-order valence-corrected chi connectivity index (χ2v) is 7.08. The molecule has 0 radical (unpaired) electrons. The summed E-state index contributed by atoms with van der Waals surface area (Å²) in [4.78, 5) is 0. The lowest BCUT2D eigenvalue weighted by molar-refractivity contribution is 0.425. The Morgan fingerprint density at radius 3 is 2.64 bits per heavy atom. The number of benzene rings is 2. The molecule has 112 valence electrons. The highest BCUT2D eigenvalue weighted by atomic mass is 35.5. The smallest absolute Gasteiger partial charge is 0.0655 e. The average molecular weight is 330 g/mol. The number of hydrogen-bond acceptors (Lipinski definition) is 1. The number of allylic oxidation sites excluding steroid dienone is 2. The quantitative estimate of drug-likeness (QED) is 0.620. The van der Waals surface area contributed by atoms with Gasteiger partial charge in [0.25, 0.3) is 0 Å². The maximum absolute atomic E-state index is 6.44. The van der Waals surface area contributed by atoms with E-state index in [-0.39, 0.29) is 6.04 Å². The molecule has 2 aromatic carbocycles. The standard InChI is InChI=1S/C19H17Cl2N/c1-11-5-7-12(8-6-11)18-15-4-2-3-14(15)16-9-13(20)10-17(21)19(16)22-18/h2-3,5-10,14-15,18,22H,4H2,1H3. The molecule has 22 heavy (non-hydrogen) atoms. The summed E-state index contributed by atoms with van der Waals surface area (Å²) >= 11 is 12.7. The Hall–Kier alpha value is -1.44. The number of hydrogen-bond donors (Lipinski definition) is 1. The van der Waals surface area contributed by atoms with E-state index in [9.17, 15) is 0 Å². The number of rotatable bonds is 1. The van der Waals surface area contributed by atoms with Crippen molar-refractivity contribution in [3.63, 3.8) is 0 Å². The van der Waals surface area contributed by atoms with Crippen molar-refractivity contribution in [2.45, 2.75) is 25.3 Å². The van der Waals surface area contributed by atoms with Gasteiger partial charge in [-0.25, -0.2) is 0 Å². The van der Waals surface area contributed by atoms with E-state index in [1.807, 2.05) is 6.07 Å². The van der Waals surface area contributed by atoms with E-state index in [0.29, 0.717) is 21.9 Å². The maximum atomic E-state index is 6.44. The molecule has 3 heteroatoms. The highest BCUT2D eigenvalue weighted by molar-refractivity contribution is 6.36. The highest BCUT2D eigenvalue weighted by Crippen LogP contribution is 2.52. The zero-order valence-corrected chi connectivity index (χ0v) is 13.8. The van der Waals surface area contributed by atoms with Gasteiger partial charge >= 0.3 is 0 Å². The minimum atomic E-state index is 0.284. The Bertz CT molecular complexity index is 749. The van der Waals surface area contributed by atoms with Gasteiger partial charge in [-0.05, 0) is 42.5 Å². The molecule has 1 aliphatic heterocycles. The van der Waals surface area contributed by atoms with Crippen molar-refractivity contribution in [3.8, 4) is 0 Å². The van der Waals surface area contributed by atoms with Crippen LogP contribution in [-0.2, 0) is 0 Å². The number of fused-ring (bicyclic) bond motifs is 3. The van der Waals surface area contributed by atoms with E-state index in [1.54, 1.807) is 0 Å². The molecular formula is C19H17Cl2N. The van der Waals surface area contributed by atoms with Crippen molar-refractivity contribution in [3.05, 3.63) is 75.3 Å². The van der Waals surface area contributed by atoms with Crippen LogP contribution < -0.4 is 5.32 Å². The molecule has 1 heterocycles. The molecule has 3 atom stereocenters. The molecular weight excluding hydrogens is 313 g/mol. The maximum Gasteiger partial charge on any atom is 0.0655 e. The molecule has 1 N–H and O–H groups in total. The van der Waals surface area contributed by atoms with E-state index in [1.165, 1.54) is 16.7 Å². The van der Waals surface area contributed by atoms with E-state index in [0.717, 1.165) is 12.1 Å². The molecule has 3 unspecified atom stereocenters. The van der Waals surface area contributed by atoms with Crippen LogP contribution in [0.25, 0.3) is 0 Å². The monoisotopic (exact) mass is 329 g/mol. The van der Waals surface area contributed by atoms with Gasteiger partial charge in [-0.15, -0.1) is 0 Å². The molecule has 0 aromatic heterocycles. The van der Waals surface area contributed by atoms with Gasteiger partial charge < -0.3 is 5.32 Å². The normalized spacial score (nSPS) is 25.5. The molecule has 1 aliphatic carbocycles. The van der Waals surface area contributed by atoms with Gasteiger partial charge in [0.1, 0.15) is 0 Å². The predicted molar refractivity (Wildman–Crippen MR) is 94.0 cm³/mol. The van der Waals surface area contributed by atoms with Gasteiger partial charge in [0.2, 0.25) is 0 Å². The van der Waals surface area contributed by atoms with Crippen LogP contribution in [0.1, 0.15) is 35.1 Å². The second-order valence-electron chi connectivity index (χ2n) is 6.24. The lowest BCUT2D eigenvalue weighted by Gasteiger charge is -2.38. The third-order valence-electron chi connectivity index (χ3n) is 4.82. The summed E-state index contributed by atoms with van der Waals surface area (Å²) in [6, 6.07) is 12.9. The summed E-state index contributed by atoms with van der Waals surface area (Å²) < 4.78 is 0. The van der Waals surface area contributed by atoms with Crippen molar-refractivity contribution in [1.29, 1.82) is 0 Å². The van der Waals surface area contributed by atoms with Crippen LogP contribution in [0.3, 0.4) is 0 Å². The van der Waals surface area contributed by atoms with Gasteiger partial charge in [0, 0.05) is 10.9 Å². The minimum Gasteiger partial charge on any atom is -0.376 e. The van der Waals surface area contributed by atoms with Crippen LogP contribution in [-0.4, -0.2) is 0 Å². The van der Waals surface area contributed by atoms with Crippen LogP contribution in [0.5, 0.6) is 0 Å². The summed E-state index contributed by atoms with van der Waals surface area (Å²) in [6.45, 7) is 2.12.